The minimum absolute atomic E-state index is 0.194. The number of hydrogen-bond acceptors (Lipinski definition) is 3. The second-order valence-electron chi connectivity index (χ2n) is 4.87. The lowest BCUT2D eigenvalue weighted by atomic mass is 10.1. The van der Waals surface area contributed by atoms with E-state index in [0.717, 1.165) is 22.4 Å². The van der Waals surface area contributed by atoms with Crippen molar-refractivity contribution in [3.05, 3.63) is 65.2 Å². The van der Waals surface area contributed by atoms with E-state index in [2.05, 4.69) is 5.32 Å². The molecule has 1 amide bonds. The van der Waals surface area contributed by atoms with Crippen molar-refractivity contribution in [2.45, 2.75) is 19.6 Å². The van der Waals surface area contributed by atoms with E-state index in [4.69, 9.17) is 10.5 Å². The van der Waals surface area contributed by atoms with Gasteiger partial charge in [0.1, 0.15) is 0 Å². The van der Waals surface area contributed by atoms with Crippen molar-refractivity contribution < 1.29 is 9.53 Å². The molecule has 0 heterocycles. The summed E-state index contributed by atoms with van der Waals surface area (Å²) in [6, 6.07) is 15.2. The van der Waals surface area contributed by atoms with E-state index in [1.165, 1.54) is 7.11 Å². The first-order valence-electron chi connectivity index (χ1n) is 6.84. The Kier molecular flexibility index (Phi) is 5.09. The Morgan fingerprint density at radius 3 is 2.57 bits per heavy atom. The number of nitrogens with two attached hydrogens (primary N) is 1. The van der Waals surface area contributed by atoms with E-state index >= 15 is 0 Å². The Morgan fingerprint density at radius 2 is 1.95 bits per heavy atom. The van der Waals surface area contributed by atoms with Crippen LogP contribution < -0.4 is 11.1 Å². The first kappa shape index (κ1) is 15.2. The molecule has 3 N–H and O–H groups in total. The summed E-state index contributed by atoms with van der Waals surface area (Å²) < 4.78 is 5.33. The van der Waals surface area contributed by atoms with Crippen LogP contribution in [0.15, 0.2) is 48.5 Å². The second kappa shape index (κ2) is 7.02. The van der Waals surface area contributed by atoms with Gasteiger partial charge in [-0.1, -0.05) is 42.5 Å². The van der Waals surface area contributed by atoms with Gasteiger partial charge in [-0.15, -0.1) is 0 Å². The molecule has 2 aromatic rings. The van der Waals surface area contributed by atoms with Crippen LogP contribution >= 0.6 is 0 Å². The maximum atomic E-state index is 12.4. The fraction of sp³-hybridized carbons (Fsp3) is 0.235. The smallest absolute Gasteiger partial charge is 0.258 e. The zero-order valence-electron chi connectivity index (χ0n) is 12.3. The third-order valence-corrected chi connectivity index (χ3v) is 3.37. The molecule has 0 aromatic heterocycles. The quantitative estimate of drug-likeness (QED) is 0.887. The molecule has 0 aliphatic rings. The van der Waals surface area contributed by atoms with Crippen LogP contribution in [-0.2, 0) is 16.1 Å². The maximum Gasteiger partial charge on any atom is 0.258 e. The van der Waals surface area contributed by atoms with Crippen molar-refractivity contribution in [3.8, 4) is 0 Å². The molecule has 2 aromatic carbocycles. The number of rotatable bonds is 5. The molecule has 4 nitrogen and oxygen atoms in total. The molecule has 2 rings (SSSR count). The van der Waals surface area contributed by atoms with Crippen LogP contribution in [0.5, 0.6) is 0 Å². The number of nitrogens with one attached hydrogen (secondary N) is 1. The number of hydrogen-bond donors (Lipinski definition) is 2. The van der Waals surface area contributed by atoms with Crippen LogP contribution in [0, 0.1) is 6.92 Å². The topological polar surface area (TPSA) is 64.3 Å². The first-order chi connectivity index (χ1) is 10.2. The summed E-state index contributed by atoms with van der Waals surface area (Å²) in [4.78, 5) is 12.4. The van der Waals surface area contributed by atoms with Crippen molar-refractivity contribution in [2.75, 3.05) is 12.4 Å². The number of ether oxygens (including phenoxy) is 1. The summed E-state index contributed by atoms with van der Waals surface area (Å²) in [5.41, 5.74) is 9.19. The molecule has 0 radical (unpaired) electrons. The van der Waals surface area contributed by atoms with Crippen molar-refractivity contribution >= 4 is 11.6 Å². The van der Waals surface area contributed by atoms with Gasteiger partial charge >= 0.3 is 0 Å². The molecule has 4 heteroatoms. The van der Waals surface area contributed by atoms with E-state index in [1.807, 2.05) is 55.5 Å². The fourth-order valence-electron chi connectivity index (χ4n) is 2.15. The molecule has 0 saturated heterocycles. The van der Waals surface area contributed by atoms with E-state index in [1.54, 1.807) is 0 Å². The second-order valence-corrected chi connectivity index (χ2v) is 4.87. The zero-order chi connectivity index (χ0) is 15.2. The Bertz CT molecular complexity index is 611. The molecule has 110 valence electrons. The summed E-state index contributed by atoms with van der Waals surface area (Å²) in [6.07, 6.45) is -0.632. The number of methoxy groups -OCH3 is 1. The Morgan fingerprint density at radius 1 is 1.24 bits per heavy atom. The molecule has 0 bridgehead atoms. The Balaban J connectivity index is 2.20. The van der Waals surface area contributed by atoms with Gasteiger partial charge in [0, 0.05) is 19.3 Å². The average Bonchev–Trinajstić information content (AvgIpc) is 2.51. The van der Waals surface area contributed by atoms with E-state index in [9.17, 15) is 4.79 Å². The molecule has 0 aliphatic heterocycles. The number of carbonyl (C=O) groups excluding carboxylic acids is 1. The number of amides is 1. The zero-order valence-corrected chi connectivity index (χ0v) is 12.3. The highest BCUT2D eigenvalue weighted by atomic mass is 16.5. The SMILES string of the molecule is COC(C(=O)Nc1cc(CN)ccc1C)c1ccccc1. The van der Waals surface area contributed by atoms with Gasteiger partial charge in [0.15, 0.2) is 6.10 Å². The van der Waals surface area contributed by atoms with Crippen LogP contribution in [0.2, 0.25) is 0 Å². The van der Waals surface area contributed by atoms with Gasteiger partial charge in [0.05, 0.1) is 0 Å². The highest BCUT2D eigenvalue weighted by Gasteiger charge is 2.20. The lowest BCUT2D eigenvalue weighted by molar-refractivity contribution is -0.126. The summed E-state index contributed by atoms with van der Waals surface area (Å²) >= 11 is 0. The Labute approximate surface area is 124 Å². The number of benzene rings is 2. The van der Waals surface area contributed by atoms with Gasteiger partial charge in [0.2, 0.25) is 0 Å². The van der Waals surface area contributed by atoms with Crippen molar-refractivity contribution in [2.24, 2.45) is 5.73 Å². The highest BCUT2D eigenvalue weighted by Crippen LogP contribution is 2.21. The van der Waals surface area contributed by atoms with E-state index in [-0.39, 0.29) is 5.91 Å². The molecule has 0 spiro atoms. The van der Waals surface area contributed by atoms with E-state index in [0.29, 0.717) is 6.54 Å². The summed E-state index contributed by atoms with van der Waals surface area (Å²) in [7, 11) is 1.53. The van der Waals surface area contributed by atoms with Gasteiger partial charge in [-0.3, -0.25) is 4.79 Å². The molecule has 0 fully saturated rings. The molecule has 1 unspecified atom stereocenters. The van der Waals surface area contributed by atoms with Crippen LogP contribution in [0.3, 0.4) is 0 Å². The third kappa shape index (κ3) is 3.68. The molecule has 0 aliphatic carbocycles. The predicted molar refractivity (Wildman–Crippen MR) is 83.9 cm³/mol. The summed E-state index contributed by atoms with van der Waals surface area (Å²) in [5.74, 6) is -0.194. The van der Waals surface area contributed by atoms with Gasteiger partial charge in [-0.25, -0.2) is 0 Å². The largest absolute Gasteiger partial charge is 0.367 e. The van der Waals surface area contributed by atoms with Gasteiger partial charge < -0.3 is 15.8 Å². The minimum Gasteiger partial charge on any atom is -0.367 e. The molecule has 1 atom stereocenters. The molecule has 21 heavy (non-hydrogen) atoms. The maximum absolute atomic E-state index is 12.4. The van der Waals surface area contributed by atoms with Crippen molar-refractivity contribution in [3.63, 3.8) is 0 Å². The number of carbonyl (C=O) groups is 1. The lowest BCUT2D eigenvalue weighted by Gasteiger charge is -2.17. The number of anilines is 1. The fourth-order valence-corrected chi connectivity index (χ4v) is 2.15. The minimum atomic E-state index is -0.632. The molecular weight excluding hydrogens is 264 g/mol. The van der Waals surface area contributed by atoms with Crippen molar-refractivity contribution in [1.82, 2.24) is 0 Å². The van der Waals surface area contributed by atoms with Crippen molar-refractivity contribution in [1.29, 1.82) is 0 Å². The van der Waals surface area contributed by atoms with Crippen LogP contribution in [0.1, 0.15) is 22.8 Å². The van der Waals surface area contributed by atoms with Gasteiger partial charge in [0.25, 0.3) is 5.91 Å². The van der Waals surface area contributed by atoms with Crippen LogP contribution in [0.25, 0.3) is 0 Å². The normalized spacial score (nSPS) is 12.0. The standard InChI is InChI=1S/C17H20N2O2/c1-12-8-9-13(11-18)10-15(12)19-17(20)16(21-2)14-6-4-3-5-7-14/h3-10,16H,11,18H2,1-2H3,(H,19,20). The van der Waals surface area contributed by atoms with E-state index < -0.39 is 6.10 Å². The highest BCUT2D eigenvalue weighted by molar-refractivity contribution is 5.95. The van der Waals surface area contributed by atoms with Gasteiger partial charge in [-0.2, -0.15) is 0 Å². The Hall–Kier alpha value is -2.17. The van der Waals surface area contributed by atoms with Crippen LogP contribution in [0.4, 0.5) is 5.69 Å². The number of aryl methyl sites for hydroxylation is 1. The third-order valence-electron chi connectivity index (χ3n) is 3.37. The van der Waals surface area contributed by atoms with Crippen LogP contribution in [-0.4, -0.2) is 13.0 Å². The van der Waals surface area contributed by atoms with Gasteiger partial charge in [-0.05, 0) is 29.7 Å². The average molecular weight is 284 g/mol. The molecular formula is C17H20N2O2. The lowest BCUT2D eigenvalue weighted by Crippen LogP contribution is -2.23. The summed E-state index contributed by atoms with van der Waals surface area (Å²) in [6.45, 7) is 2.38. The molecule has 0 saturated carbocycles. The first-order valence-corrected chi connectivity index (χ1v) is 6.84. The summed E-state index contributed by atoms with van der Waals surface area (Å²) in [5, 5.41) is 2.91. The predicted octanol–water partition coefficient (Wildman–Crippen LogP) is 2.78. The monoisotopic (exact) mass is 284 g/mol.